The van der Waals surface area contributed by atoms with Gasteiger partial charge in [0.1, 0.15) is 0 Å². The predicted molar refractivity (Wildman–Crippen MR) is 244 cm³/mol. The molecule has 0 amide bonds. The van der Waals surface area contributed by atoms with Crippen LogP contribution < -0.4 is 0 Å². The zero-order valence-corrected chi connectivity index (χ0v) is 38.8. The van der Waals surface area contributed by atoms with Gasteiger partial charge in [-0.3, -0.25) is 9.59 Å². The molecule has 0 aromatic carbocycles. The molecule has 0 radical (unpaired) electrons. The van der Waals surface area contributed by atoms with Gasteiger partial charge in [-0.1, -0.05) is 182 Å². The fraction of sp³-hybridized carbons (Fsp3) is 0.961. The average molecular weight is 806 g/mol. The van der Waals surface area contributed by atoms with Crippen LogP contribution in [0.3, 0.4) is 0 Å². The van der Waals surface area contributed by atoms with Crippen molar-refractivity contribution in [2.24, 2.45) is 17.8 Å². The lowest BCUT2D eigenvalue weighted by atomic mass is 9.87. The molecule has 1 saturated carbocycles. The monoisotopic (exact) mass is 806 g/mol. The Labute approximate surface area is 355 Å². The van der Waals surface area contributed by atoms with Crippen LogP contribution in [0.4, 0.5) is 0 Å². The molecule has 2 unspecified atom stereocenters. The van der Waals surface area contributed by atoms with Gasteiger partial charge in [0.25, 0.3) is 0 Å². The zero-order valence-electron chi connectivity index (χ0n) is 38.8. The average Bonchev–Trinajstić information content (AvgIpc) is 3.21. The first kappa shape index (κ1) is 53.9. The number of carbonyl (C=O) groups excluding carboxylic acids is 2. The minimum atomic E-state index is -0.100. The Balaban J connectivity index is 2.39. The van der Waals surface area contributed by atoms with Crippen molar-refractivity contribution < 1.29 is 24.2 Å². The highest BCUT2D eigenvalue weighted by Crippen LogP contribution is 2.26. The minimum Gasteiger partial charge on any atom is -0.465 e. The summed E-state index contributed by atoms with van der Waals surface area (Å²) in [5.41, 5.74) is 0. The number of unbranched alkanes of at least 4 members (excludes halogenated alkanes) is 22. The normalized spacial score (nSPS) is 16.9. The van der Waals surface area contributed by atoms with Crippen LogP contribution >= 0.6 is 0 Å². The third-order valence-corrected chi connectivity index (χ3v) is 12.8. The van der Waals surface area contributed by atoms with Gasteiger partial charge in [0, 0.05) is 6.54 Å². The summed E-state index contributed by atoms with van der Waals surface area (Å²) in [6.07, 6.45) is 42.0. The fourth-order valence-corrected chi connectivity index (χ4v) is 8.89. The van der Waals surface area contributed by atoms with E-state index in [-0.39, 0.29) is 29.9 Å². The predicted octanol–water partition coefficient (Wildman–Crippen LogP) is 14.7. The number of ether oxygens (including phenoxy) is 2. The molecule has 1 rings (SSSR count). The lowest BCUT2D eigenvalue weighted by Gasteiger charge is -2.31. The van der Waals surface area contributed by atoms with Gasteiger partial charge in [0.05, 0.1) is 31.2 Å². The topological polar surface area (TPSA) is 76.1 Å². The van der Waals surface area contributed by atoms with Crippen LogP contribution in [-0.4, -0.2) is 60.9 Å². The molecular formula is C51H99NO5. The summed E-state index contributed by atoms with van der Waals surface area (Å²) >= 11 is 0. The van der Waals surface area contributed by atoms with E-state index < -0.39 is 0 Å². The quantitative estimate of drug-likeness (QED) is 0.0489. The number of nitrogens with zero attached hydrogens (tertiary/aromatic N) is 1. The van der Waals surface area contributed by atoms with Gasteiger partial charge in [-0.15, -0.1) is 0 Å². The highest BCUT2D eigenvalue weighted by Gasteiger charge is 2.23. The maximum atomic E-state index is 13.1. The van der Waals surface area contributed by atoms with Crippen molar-refractivity contribution in [2.75, 3.05) is 32.8 Å². The van der Waals surface area contributed by atoms with Gasteiger partial charge < -0.3 is 19.5 Å². The standard InChI is InChI=1S/C51H99NO5/c1-5-9-13-17-19-27-35-47(33-25-15-11-7-3)50(54)56-43-31-23-21-29-41-52(45-46-37-39-49(53)40-38-46)42-30-22-24-32-44-57-51(55)48(34-26-16-12-8-4)36-28-20-18-14-10-6-2/h46-49,53H,5-45H2,1-4H3. The largest absolute Gasteiger partial charge is 0.465 e. The van der Waals surface area contributed by atoms with Gasteiger partial charge in [0.2, 0.25) is 0 Å². The number of esters is 2. The van der Waals surface area contributed by atoms with E-state index in [1.54, 1.807) is 0 Å². The van der Waals surface area contributed by atoms with Crippen LogP contribution in [0, 0.1) is 17.8 Å². The van der Waals surface area contributed by atoms with E-state index in [2.05, 4.69) is 32.6 Å². The molecular weight excluding hydrogens is 707 g/mol. The molecule has 0 aromatic heterocycles. The second-order valence-corrected chi connectivity index (χ2v) is 18.3. The highest BCUT2D eigenvalue weighted by molar-refractivity contribution is 5.72. The molecule has 338 valence electrons. The molecule has 0 aliphatic heterocycles. The molecule has 0 heterocycles. The van der Waals surface area contributed by atoms with Gasteiger partial charge in [-0.2, -0.15) is 0 Å². The van der Waals surface area contributed by atoms with E-state index in [4.69, 9.17) is 9.47 Å². The van der Waals surface area contributed by atoms with E-state index in [0.717, 1.165) is 122 Å². The Hall–Kier alpha value is -1.14. The summed E-state index contributed by atoms with van der Waals surface area (Å²) in [4.78, 5) is 28.8. The van der Waals surface area contributed by atoms with E-state index >= 15 is 0 Å². The molecule has 0 saturated heterocycles. The Morgan fingerprint density at radius 1 is 0.456 bits per heavy atom. The van der Waals surface area contributed by atoms with Crippen LogP contribution in [0.5, 0.6) is 0 Å². The number of aliphatic hydroxyl groups is 1. The van der Waals surface area contributed by atoms with Crippen molar-refractivity contribution in [1.82, 2.24) is 4.90 Å². The zero-order chi connectivity index (χ0) is 41.4. The minimum absolute atomic E-state index is 0.0625. The van der Waals surface area contributed by atoms with E-state index in [1.807, 2.05) is 0 Å². The molecule has 0 aromatic rings. The maximum Gasteiger partial charge on any atom is 0.308 e. The smallest absolute Gasteiger partial charge is 0.308 e. The molecule has 1 fully saturated rings. The van der Waals surface area contributed by atoms with Crippen molar-refractivity contribution in [2.45, 2.75) is 265 Å². The van der Waals surface area contributed by atoms with E-state index in [9.17, 15) is 14.7 Å². The number of rotatable bonds is 42. The summed E-state index contributed by atoms with van der Waals surface area (Å²) in [5, 5.41) is 10.1. The third-order valence-electron chi connectivity index (χ3n) is 12.8. The summed E-state index contributed by atoms with van der Waals surface area (Å²) in [5.74, 6) is 1.01. The second kappa shape index (κ2) is 40.3. The molecule has 6 nitrogen and oxygen atoms in total. The van der Waals surface area contributed by atoms with Gasteiger partial charge in [-0.05, 0) is 96.1 Å². The lowest BCUT2D eigenvalue weighted by molar-refractivity contribution is -0.150. The van der Waals surface area contributed by atoms with Crippen LogP contribution in [0.15, 0.2) is 0 Å². The summed E-state index contributed by atoms with van der Waals surface area (Å²) in [6.45, 7) is 13.6. The van der Waals surface area contributed by atoms with Gasteiger partial charge in [0.15, 0.2) is 0 Å². The van der Waals surface area contributed by atoms with E-state index in [1.165, 1.54) is 128 Å². The molecule has 0 bridgehead atoms. The number of aliphatic hydroxyl groups excluding tert-OH is 1. The molecule has 0 spiro atoms. The fourth-order valence-electron chi connectivity index (χ4n) is 8.89. The Kier molecular flexibility index (Phi) is 38.1. The number of hydrogen-bond acceptors (Lipinski definition) is 6. The van der Waals surface area contributed by atoms with Crippen LogP contribution in [0.25, 0.3) is 0 Å². The Morgan fingerprint density at radius 3 is 1.16 bits per heavy atom. The third kappa shape index (κ3) is 32.3. The summed E-state index contributed by atoms with van der Waals surface area (Å²) in [7, 11) is 0. The van der Waals surface area contributed by atoms with E-state index in [0.29, 0.717) is 19.1 Å². The lowest BCUT2D eigenvalue weighted by Crippen LogP contribution is -2.34. The molecule has 1 N–H and O–H groups in total. The van der Waals surface area contributed by atoms with Crippen LogP contribution in [-0.2, 0) is 19.1 Å². The summed E-state index contributed by atoms with van der Waals surface area (Å²) < 4.78 is 11.7. The van der Waals surface area contributed by atoms with Crippen LogP contribution in [0.1, 0.15) is 259 Å². The highest BCUT2D eigenvalue weighted by atomic mass is 16.5. The van der Waals surface area contributed by atoms with Crippen LogP contribution in [0.2, 0.25) is 0 Å². The van der Waals surface area contributed by atoms with Crippen molar-refractivity contribution in [1.29, 1.82) is 0 Å². The van der Waals surface area contributed by atoms with Gasteiger partial charge >= 0.3 is 11.9 Å². The molecule has 57 heavy (non-hydrogen) atoms. The number of hydrogen-bond donors (Lipinski definition) is 1. The van der Waals surface area contributed by atoms with Crippen molar-refractivity contribution in [3.63, 3.8) is 0 Å². The molecule has 1 aliphatic carbocycles. The first-order chi connectivity index (χ1) is 27.9. The first-order valence-corrected chi connectivity index (χ1v) is 25.7. The van der Waals surface area contributed by atoms with Crippen molar-refractivity contribution in [3.8, 4) is 0 Å². The molecule has 1 aliphatic rings. The molecule has 2 atom stereocenters. The summed E-state index contributed by atoms with van der Waals surface area (Å²) in [6, 6.07) is 0. The maximum absolute atomic E-state index is 13.1. The van der Waals surface area contributed by atoms with Crippen molar-refractivity contribution >= 4 is 11.9 Å². The molecule has 6 heteroatoms. The first-order valence-electron chi connectivity index (χ1n) is 25.7. The van der Waals surface area contributed by atoms with Gasteiger partial charge in [-0.25, -0.2) is 0 Å². The second-order valence-electron chi connectivity index (χ2n) is 18.3. The Morgan fingerprint density at radius 2 is 0.772 bits per heavy atom. The SMILES string of the molecule is CCCCCCCCC(CCCCCC)C(=O)OCCCCCCN(CCCCCCOC(=O)C(CCCCCC)CCCCCCCC)CC1CCC(O)CC1. The number of carbonyl (C=O) groups is 2. The van der Waals surface area contributed by atoms with Crippen molar-refractivity contribution in [3.05, 3.63) is 0 Å². The Bertz CT molecular complexity index is 816.